The van der Waals surface area contributed by atoms with Gasteiger partial charge in [-0.2, -0.15) is 0 Å². The number of hydrogen-bond donors (Lipinski definition) is 2. The van der Waals surface area contributed by atoms with E-state index in [1.165, 1.54) is 0 Å². The lowest BCUT2D eigenvalue weighted by Crippen LogP contribution is -2.23. The molecule has 0 aliphatic carbocycles. The molecule has 0 saturated carbocycles. The number of hydrogen-bond acceptors (Lipinski definition) is 2. The van der Waals surface area contributed by atoms with Crippen LogP contribution in [0.25, 0.3) is 0 Å². The van der Waals surface area contributed by atoms with E-state index >= 15 is 0 Å². The molecule has 1 heterocycles. The fourth-order valence-corrected chi connectivity index (χ4v) is 1.71. The minimum Gasteiger partial charge on any atom is -0.506 e. The van der Waals surface area contributed by atoms with Gasteiger partial charge in [-0.3, -0.25) is 0 Å². The van der Waals surface area contributed by atoms with E-state index < -0.39 is 0 Å². The first kappa shape index (κ1) is 7.90. The maximum Gasteiger partial charge on any atom is 0.137 e. The number of halogens is 1. The largest absolute Gasteiger partial charge is 0.506 e. The van der Waals surface area contributed by atoms with Crippen molar-refractivity contribution in [2.45, 2.75) is 13.0 Å². The van der Waals surface area contributed by atoms with Crippen molar-refractivity contribution in [1.82, 2.24) is 5.32 Å². The van der Waals surface area contributed by atoms with Crippen molar-refractivity contribution in [2.75, 3.05) is 6.54 Å². The molecule has 1 aliphatic heterocycles. The van der Waals surface area contributed by atoms with Crippen molar-refractivity contribution in [2.24, 2.45) is 0 Å². The van der Waals surface area contributed by atoms with Gasteiger partial charge >= 0.3 is 0 Å². The van der Waals surface area contributed by atoms with Gasteiger partial charge < -0.3 is 10.4 Å². The van der Waals surface area contributed by atoms with Crippen molar-refractivity contribution in [1.29, 1.82) is 0 Å². The molecule has 2 rings (SSSR count). The van der Waals surface area contributed by atoms with E-state index in [-0.39, 0.29) is 5.75 Å². The maximum absolute atomic E-state index is 9.58. The number of rotatable bonds is 0. The van der Waals surface area contributed by atoms with Gasteiger partial charge in [0.2, 0.25) is 0 Å². The lowest BCUT2D eigenvalue weighted by molar-refractivity contribution is 0.461. The highest BCUT2D eigenvalue weighted by Crippen LogP contribution is 2.31. The number of phenolic OH excluding ortho intramolecular Hbond substituents is 1. The molecule has 0 atom stereocenters. The molecule has 0 saturated heterocycles. The third-order valence-corrected chi connectivity index (χ3v) is 2.50. The van der Waals surface area contributed by atoms with Gasteiger partial charge in [-0.15, -0.1) is 0 Å². The summed E-state index contributed by atoms with van der Waals surface area (Å²) in [6.45, 7) is 1.75. The molecule has 0 radical (unpaired) electrons. The Bertz CT molecular complexity index is 312. The second-order valence-corrected chi connectivity index (χ2v) is 3.37. The monoisotopic (exact) mass is 183 g/mol. The Labute approximate surface area is 76.2 Å². The second kappa shape index (κ2) is 2.96. The van der Waals surface area contributed by atoms with Crippen LogP contribution in [0.1, 0.15) is 11.1 Å². The highest BCUT2D eigenvalue weighted by molar-refractivity contribution is 6.32. The van der Waals surface area contributed by atoms with Crippen LogP contribution >= 0.6 is 11.6 Å². The maximum atomic E-state index is 9.58. The van der Waals surface area contributed by atoms with Crippen LogP contribution in [0.3, 0.4) is 0 Å². The zero-order chi connectivity index (χ0) is 8.55. The summed E-state index contributed by atoms with van der Waals surface area (Å²) in [6.07, 6.45) is 0.863. The summed E-state index contributed by atoms with van der Waals surface area (Å²) in [6, 6.07) is 3.70. The molecule has 0 unspecified atom stereocenters. The number of phenols is 1. The van der Waals surface area contributed by atoms with E-state index in [1.807, 2.05) is 6.07 Å². The van der Waals surface area contributed by atoms with Crippen LogP contribution < -0.4 is 5.32 Å². The molecule has 64 valence electrons. The third kappa shape index (κ3) is 1.17. The van der Waals surface area contributed by atoms with Crippen LogP contribution in [0.5, 0.6) is 5.75 Å². The fourth-order valence-electron chi connectivity index (χ4n) is 1.53. The molecule has 1 aliphatic rings. The first-order valence-corrected chi connectivity index (χ1v) is 4.37. The van der Waals surface area contributed by atoms with Gasteiger partial charge in [0, 0.05) is 12.1 Å². The van der Waals surface area contributed by atoms with Gasteiger partial charge in [0.25, 0.3) is 0 Å². The highest BCUT2D eigenvalue weighted by Gasteiger charge is 2.14. The number of aromatic hydroxyl groups is 1. The smallest absolute Gasteiger partial charge is 0.137 e. The van der Waals surface area contributed by atoms with E-state index in [4.69, 9.17) is 11.6 Å². The molecule has 0 fully saturated rings. The predicted molar refractivity (Wildman–Crippen MR) is 48.5 cm³/mol. The lowest BCUT2D eigenvalue weighted by atomic mass is 10.0. The number of nitrogens with one attached hydrogen (secondary N) is 1. The minimum absolute atomic E-state index is 0.260. The van der Waals surface area contributed by atoms with Crippen LogP contribution in [0.15, 0.2) is 12.1 Å². The summed E-state index contributed by atoms with van der Waals surface area (Å²) in [7, 11) is 0. The Kier molecular flexibility index (Phi) is 1.95. The van der Waals surface area contributed by atoms with Crippen LogP contribution in [0.2, 0.25) is 5.02 Å². The Morgan fingerprint density at radius 2 is 2.25 bits per heavy atom. The zero-order valence-corrected chi connectivity index (χ0v) is 7.36. The molecule has 0 spiro atoms. The van der Waals surface area contributed by atoms with Gasteiger partial charge in [0.15, 0.2) is 0 Å². The third-order valence-electron chi connectivity index (χ3n) is 2.20. The molecule has 12 heavy (non-hydrogen) atoms. The molecular formula is C9H10ClNO. The molecule has 0 aromatic heterocycles. The molecule has 2 N–H and O–H groups in total. The summed E-state index contributed by atoms with van der Waals surface area (Å²) >= 11 is 5.78. The zero-order valence-electron chi connectivity index (χ0n) is 6.60. The van der Waals surface area contributed by atoms with Gasteiger partial charge in [0.05, 0.1) is 5.02 Å². The SMILES string of the molecule is Oc1c(Cl)ccc2c1CCNC2. The van der Waals surface area contributed by atoms with E-state index in [2.05, 4.69) is 5.32 Å². The van der Waals surface area contributed by atoms with Gasteiger partial charge in [0.1, 0.15) is 5.75 Å². The van der Waals surface area contributed by atoms with E-state index in [0.29, 0.717) is 5.02 Å². The van der Waals surface area contributed by atoms with Gasteiger partial charge in [-0.05, 0) is 24.6 Å². The van der Waals surface area contributed by atoms with Crippen molar-refractivity contribution < 1.29 is 5.11 Å². The molecule has 1 aromatic carbocycles. The Morgan fingerprint density at radius 3 is 3.08 bits per heavy atom. The average molecular weight is 184 g/mol. The van der Waals surface area contributed by atoms with Gasteiger partial charge in [-0.1, -0.05) is 17.7 Å². The first-order chi connectivity index (χ1) is 5.79. The van der Waals surface area contributed by atoms with E-state index in [1.54, 1.807) is 6.07 Å². The molecule has 0 amide bonds. The molecule has 1 aromatic rings. The quantitative estimate of drug-likeness (QED) is 0.642. The summed E-state index contributed by atoms with van der Waals surface area (Å²) < 4.78 is 0. The van der Waals surface area contributed by atoms with Crippen LogP contribution in [0, 0.1) is 0 Å². The van der Waals surface area contributed by atoms with E-state index in [9.17, 15) is 5.11 Å². The molecular weight excluding hydrogens is 174 g/mol. The topological polar surface area (TPSA) is 32.3 Å². The highest BCUT2D eigenvalue weighted by atomic mass is 35.5. The Hall–Kier alpha value is -0.730. The minimum atomic E-state index is 0.260. The average Bonchev–Trinajstić information content (AvgIpc) is 2.12. The van der Waals surface area contributed by atoms with Crippen molar-refractivity contribution in [3.8, 4) is 5.75 Å². The van der Waals surface area contributed by atoms with Crippen LogP contribution in [-0.4, -0.2) is 11.7 Å². The van der Waals surface area contributed by atoms with Gasteiger partial charge in [-0.25, -0.2) is 0 Å². The molecule has 3 heteroatoms. The first-order valence-electron chi connectivity index (χ1n) is 3.99. The summed E-state index contributed by atoms with van der Waals surface area (Å²) in [5.41, 5.74) is 2.16. The van der Waals surface area contributed by atoms with Crippen molar-refractivity contribution in [3.05, 3.63) is 28.3 Å². The van der Waals surface area contributed by atoms with Crippen molar-refractivity contribution >= 4 is 11.6 Å². The number of benzene rings is 1. The van der Waals surface area contributed by atoms with Crippen LogP contribution in [0.4, 0.5) is 0 Å². The normalized spacial score (nSPS) is 15.8. The number of fused-ring (bicyclic) bond motifs is 1. The van der Waals surface area contributed by atoms with Crippen LogP contribution in [-0.2, 0) is 13.0 Å². The summed E-state index contributed by atoms with van der Waals surface area (Å²) in [5.74, 6) is 0.260. The predicted octanol–water partition coefficient (Wildman–Crippen LogP) is 1.69. The fraction of sp³-hybridized carbons (Fsp3) is 0.333. The lowest BCUT2D eigenvalue weighted by Gasteiger charge is -2.18. The second-order valence-electron chi connectivity index (χ2n) is 2.96. The summed E-state index contributed by atoms with van der Waals surface area (Å²) in [5, 5.41) is 13.3. The Balaban J connectivity index is 2.54. The molecule has 0 bridgehead atoms. The summed E-state index contributed by atoms with van der Waals surface area (Å²) in [4.78, 5) is 0. The molecule has 2 nitrogen and oxygen atoms in total. The van der Waals surface area contributed by atoms with E-state index in [0.717, 1.165) is 30.6 Å². The standard InChI is InChI=1S/C9H10ClNO/c10-8-2-1-6-5-11-4-3-7(6)9(8)12/h1-2,11-12H,3-5H2. The Morgan fingerprint density at radius 1 is 1.42 bits per heavy atom. The van der Waals surface area contributed by atoms with Crippen molar-refractivity contribution in [3.63, 3.8) is 0 Å².